The van der Waals surface area contributed by atoms with Crippen molar-refractivity contribution in [3.05, 3.63) is 29.1 Å². The molecule has 0 saturated carbocycles. The van der Waals surface area contributed by atoms with Gasteiger partial charge >= 0.3 is 0 Å². The van der Waals surface area contributed by atoms with E-state index in [0.29, 0.717) is 23.9 Å². The van der Waals surface area contributed by atoms with E-state index in [1.807, 2.05) is 0 Å². The molecule has 1 N–H and O–H groups in total. The lowest BCUT2D eigenvalue weighted by Crippen LogP contribution is -2.44. The van der Waals surface area contributed by atoms with Crippen molar-refractivity contribution in [2.24, 2.45) is 0 Å². The molecule has 2 aromatic rings. The number of hydrogen-bond acceptors (Lipinski definition) is 6. The van der Waals surface area contributed by atoms with Crippen molar-refractivity contribution >= 4 is 11.6 Å². The number of nitrogens with one attached hydrogen (secondary N) is 1. The summed E-state index contributed by atoms with van der Waals surface area (Å²) in [5, 5.41) is 12.2. The molecule has 8 heteroatoms. The number of halogens is 1. The van der Waals surface area contributed by atoms with Crippen LogP contribution in [0.5, 0.6) is 0 Å². The van der Waals surface area contributed by atoms with Crippen LogP contribution in [0.2, 0.25) is 5.02 Å². The van der Waals surface area contributed by atoms with Gasteiger partial charge in [-0.1, -0.05) is 16.8 Å². The minimum absolute atomic E-state index is 0.181. The van der Waals surface area contributed by atoms with Crippen LogP contribution in [0.1, 0.15) is 17.8 Å². The molecule has 1 fully saturated rings. The van der Waals surface area contributed by atoms with Crippen LogP contribution in [0.15, 0.2) is 16.9 Å². The van der Waals surface area contributed by atoms with Crippen molar-refractivity contribution in [1.82, 2.24) is 30.1 Å². The van der Waals surface area contributed by atoms with Crippen LogP contribution >= 0.6 is 11.6 Å². The Balaban J connectivity index is 1.61. The van der Waals surface area contributed by atoms with Crippen molar-refractivity contribution in [1.29, 1.82) is 0 Å². The molecule has 0 bridgehead atoms. The van der Waals surface area contributed by atoms with Gasteiger partial charge in [0.1, 0.15) is 0 Å². The van der Waals surface area contributed by atoms with E-state index in [0.717, 1.165) is 25.5 Å². The lowest BCUT2D eigenvalue weighted by Gasteiger charge is -2.30. The number of aryl methyl sites for hydroxylation is 2. The minimum atomic E-state index is 0.181. The molecule has 0 aliphatic carbocycles. The first-order chi connectivity index (χ1) is 9.72. The Labute approximate surface area is 121 Å². The second-order valence-electron chi connectivity index (χ2n) is 4.92. The maximum absolute atomic E-state index is 5.82. The molecule has 0 amide bonds. The Hall–Kier alpha value is -1.44. The molecule has 7 nitrogen and oxygen atoms in total. The van der Waals surface area contributed by atoms with Crippen LogP contribution in [0, 0.1) is 0 Å². The van der Waals surface area contributed by atoms with Crippen LogP contribution in [0.25, 0.3) is 0 Å². The first-order valence-electron chi connectivity index (χ1n) is 6.64. The molecule has 3 heterocycles. The standard InChI is InChI=1S/C12H17ClN6O/c1-18-5-3-14-7-10(18)12-16-11(20-17-12)2-4-19-8-9(13)6-15-19/h6,8,10,14H,2-5,7H2,1H3. The van der Waals surface area contributed by atoms with E-state index < -0.39 is 0 Å². The smallest absolute Gasteiger partial charge is 0.228 e. The maximum Gasteiger partial charge on any atom is 0.228 e. The van der Waals surface area contributed by atoms with Gasteiger partial charge in [0.2, 0.25) is 5.89 Å². The molecule has 1 aliphatic rings. The summed E-state index contributed by atoms with van der Waals surface area (Å²) in [6.07, 6.45) is 4.04. The zero-order valence-electron chi connectivity index (χ0n) is 11.3. The van der Waals surface area contributed by atoms with Crippen LogP contribution in [-0.4, -0.2) is 51.5 Å². The summed E-state index contributed by atoms with van der Waals surface area (Å²) in [5.74, 6) is 1.37. The van der Waals surface area contributed by atoms with Crippen molar-refractivity contribution < 1.29 is 4.52 Å². The largest absolute Gasteiger partial charge is 0.339 e. The molecular formula is C12H17ClN6O. The number of piperazine rings is 1. The Morgan fingerprint density at radius 1 is 1.55 bits per heavy atom. The Bertz CT molecular complexity index is 568. The summed E-state index contributed by atoms with van der Waals surface area (Å²) in [4.78, 5) is 6.71. The fourth-order valence-corrected chi connectivity index (χ4v) is 2.43. The predicted molar refractivity (Wildman–Crippen MR) is 73.5 cm³/mol. The molecule has 1 atom stereocenters. The Morgan fingerprint density at radius 3 is 3.20 bits per heavy atom. The summed E-state index contributed by atoms with van der Waals surface area (Å²) < 4.78 is 7.07. The highest BCUT2D eigenvalue weighted by atomic mass is 35.5. The highest BCUT2D eigenvalue weighted by molar-refractivity contribution is 6.30. The molecule has 1 unspecified atom stereocenters. The third-order valence-corrected chi connectivity index (χ3v) is 3.64. The van der Waals surface area contributed by atoms with Gasteiger partial charge in [0.05, 0.1) is 17.3 Å². The topological polar surface area (TPSA) is 72.0 Å². The van der Waals surface area contributed by atoms with E-state index in [4.69, 9.17) is 16.1 Å². The molecule has 108 valence electrons. The van der Waals surface area contributed by atoms with Crippen LogP contribution < -0.4 is 5.32 Å². The molecule has 0 spiro atoms. The van der Waals surface area contributed by atoms with Gasteiger partial charge in [0.15, 0.2) is 5.82 Å². The lowest BCUT2D eigenvalue weighted by atomic mass is 10.2. The second-order valence-corrected chi connectivity index (χ2v) is 5.35. The number of rotatable bonds is 4. The Morgan fingerprint density at radius 2 is 2.45 bits per heavy atom. The number of hydrogen-bond donors (Lipinski definition) is 1. The number of aromatic nitrogens is 4. The summed E-state index contributed by atoms with van der Waals surface area (Å²) in [5.41, 5.74) is 0. The Kier molecular flexibility index (Phi) is 4.00. The fraction of sp³-hybridized carbons (Fsp3) is 0.583. The quantitative estimate of drug-likeness (QED) is 0.897. The highest BCUT2D eigenvalue weighted by Crippen LogP contribution is 2.17. The monoisotopic (exact) mass is 296 g/mol. The van der Waals surface area contributed by atoms with Crippen LogP contribution in [0.3, 0.4) is 0 Å². The first kappa shape index (κ1) is 13.5. The summed E-state index contributed by atoms with van der Waals surface area (Å²) in [6, 6.07) is 0.181. The zero-order chi connectivity index (χ0) is 13.9. The zero-order valence-corrected chi connectivity index (χ0v) is 12.0. The predicted octanol–water partition coefficient (Wildman–Crippen LogP) is 0.738. The number of likely N-dealkylation sites (N-methyl/N-ethyl adjacent to an activating group) is 1. The van der Waals surface area contributed by atoms with E-state index in [9.17, 15) is 0 Å². The van der Waals surface area contributed by atoms with Gasteiger partial charge in [-0.2, -0.15) is 10.1 Å². The minimum Gasteiger partial charge on any atom is -0.339 e. The van der Waals surface area contributed by atoms with E-state index in [-0.39, 0.29) is 6.04 Å². The van der Waals surface area contributed by atoms with Gasteiger partial charge < -0.3 is 9.84 Å². The first-order valence-corrected chi connectivity index (χ1v) is 7.01. The average molecular weight is 297 g/mol. The van der Waals surface area contributed by atoms with Crippen molar-refractivity contribution in [2.45, 2.75) is 19.0 Å². The average Bonchev–Trinajstić information content (AvgIpc) is 3.06. The summed E-state index contributed by atoms with van der Waals surface area (Å²) >= 11 is 5.82. The van der Waals surface area contributed by atoms with E-state index >= 15 is 0 Å². The van der Waals surface area contributed by atoms with Gasteiger partial charge in [-0.3, -0.25) is 9.58 Å². The van der Waals surface area contributed by atoms with Gasteiger partial charge in [0.25, 0.3) is 0 Å². The molecule has 20 heavy (non-hydrogen) atoms. The molecule has 0 aromatic carbocycles. The highest BCUT2D eigenvalue weighted by Gasteiger charge is 2.25. The van der Waals surface area contributed by atoms with E-state index in [1.165, 1.54) is 0 Å². The van der Waals surface area contributed by atoms with Crippen LogP contribution in [-0.2, 0) is 13.0 Å². The SMILES string of the molecule is CN1CCNCC1c1noc(CCn2cc(Cl)cn2)n1. The van der Waals surface area contributed by atoms with Crippen molar-refractivity contribution in [2.75, 3.05) is 26.7 Å². The molecule has 2 aromatic heterocycles. The second kappa shape index (κ2) is 5.90. The third-order valence-electron chi connectivity index (χ3n) is 3.45. The van der Waals surface area contributed by atoms with Gasteiger partial charge in [-0.15, -0.1) is 0 Å². The van der Waals surface area contributed by atoms with E-state index in [2.05, 4.69) is 32.5 Å². The van der Waals surface area contributed by atoms with Gasteiger partial charge in [-0.25, -0.2) is 0 Å². The third kappa shape index (κ3) is 3.00. The maximum atomic E-state index is 5.82. The normalized spacial score (nSPS) is 20.4. The molecule has 1 saturated heterocycles. The van der Waals surface area contributed by atoms with E-state index in [1.54, 1.807) is 17.1 Å². The summed E-state index contributed by atoms with van der Waals surface area (Å²) in [7, 11) is 2.08. The molecule has 0 radical (unpaired) electrons. The lowest BCUT2D eigenvalue weighted by molar-refractivity contribution is 0.190. The fourth-order valence-electron chi connectivity index (χ4n) is 2.27. The molecular weight excluding hydrogens is 280 g/mol. The van der Waals surface area contributed by atoms with Crippen LogP contribution in [0.4, 0.5) is 0 Å². The van der Waals surface area contributed by atoms with Gasteiger partial charge in [-0.05, 0) is 7.05 Å². The molecule has 3 rings (SSSR count). The number of nitrogens with zero attached hydrogens (tertiary/aromatic N) is 5. The van der Waals surface area contributed by atoms with Crippen molar-refractivity contribution in [3.63, 3.8) is 0 Å². The summed E-state index contributed by atoms with van der Waals surface area (Å²) in [6.45, 7) is 3.51. The van der Waals surface area contributed by atoms with Gasteiger partial charge in [0, 0.05) is 38.8 Å². The molecule has 1 aliphatic heterocycles. The van der Waals surface area contributed by atoms with Crippen molar-refractivity contribution in [3.8, 4) is 0 Å².